The minimum absolute atomic E-state index is 0.00172. The van der Waals surface area contributed by atoms with E-state index in [2.05, 4.69) is 10.3 Å². The second kappa shape index (κ2) is 7.04. The Labute approximate surface area is 137 Å². The molecule has 24 heavy (non-hydrogen) atoms. The molecule has 0 unspecified atom stereocenters. The summed E-state index contributed by atoms with van der Waals surface area (Å²) in [6.07, 6.45) is 5.28. The molecular weight excluding hydrogens is 312 g/mol. The van der Waals surface area contributed by atoms with Crippen molar-refractivity contribution in [3.8, 4) is 0 Å². The second-order valence-electron chi connectivity index (χ2n) is 5.35. The lowest BCUT2D eigenvalue weighted by atomic mass is 10.1. The van der Waals surface area contributed by atoms with Crippen LogP contribution in [0.5, 0.6) is 0 Å². The molecule has 0 aliphatic carbocycles. The van der Waals surface area contributed by atoms with E-state index in [1.54, 1.807) is 24.7 Å². The lowest BCUT2D eigenvalue weighted by Crippen LogP contribution is -2.23. The van der Waals surface area contributed by atoms with E-state index in [0.717, 1.165) is 17.7 Å². The van der Waals surface area contributed by atoms with Gasteiger partial charge in [-0.25, -0.2) is 13.8 Å². The number of imidazole rings is 1. The van der Waals surface area contributed by atoms with Crippen molar-refractivity contribution in [3.63, 3.8) is 0 Å². The van der Waals surface area contributed by atoms with Gasteiger partial charge in [0, 0.05) is 42.7 Å². The van der Waals surface area contributed by atoms with Crippen LogP contribution < -0.4 is 5.32 Å². The molecule has 0 atom stereocenters. The Hall–Kier alpha value is -3.02. The molecule has 3 rings (SSSR count). The van der Waals surface area contributed by atoms with E-state index in [9.17, 15) is 13.6 Å². The number of hydrogen-bond donors (Lipinski definition) is 1. The molecule has 0 saturated heterocycles. The molecule has 0 bridgehead atoms. The number of carbonyl (C=O) groups excluding carboxylic acids is 1. The van der Waals surface area contributed by atoms with E-state index in [1.165, 1.54) is 6.07 Å². The highest BCUT2D eigenvalue weighted by Gasteiger charge is 2.08. The van der Waals surface area contributed by atoms with Gasteiger partial charge in [-0.2, -0.15) is 0 Å². The maximum Gasteiger partial charge on any atom is 0.251 e. The Morgan fingerprint density at radius 2 is 1.92 bits per heavy atom. The zero-order valence-electron chi connectivity index (χ0n) is 12.7. The third-order valence-corrected chi connectivity index (χ3v) is 3.59. The minimum atomic E-state index is -0.675. The van der Waals surface area contributed by atoms with E-state index in [4.69, 9.17) is 0 Å². The van der Waals surface area contributed by atoms with Gasteiger partial charge in [0.15, 0.2) is 0 Å². The molecule has 4 nitrogen and oxygen atoms in total. The van der Waals surface area contributed by atoms with Gasteiger partial charge in [0.2, 0.25) is 0 Å². The quantitative estimate of drug-likeness (QED) is 0.782. The topological polar surface area (TPSA) is 46.9 Å². The first-order valence-corrected chi connectivity index (χ1v) is 7.38. The summed E-state index contributed by atoms with van der Waals surface area (Å²) in [6.45, 7) is 0.671. The van der Waals surface area contributed by atoms with Crippen LogP contribution in [0.4, 0.5) is 8.78 Å². The molecule has 1 N–H and O–H groups in total. The Bertz CT molecular complexity index is 830. The van der Waals surface area contributed by atoms with Crippen LogP contribution in [-0.2, 0) is 13.1 Å². The number of carbonyl (C=O) groups is 1. The van der Waals surface area contributed by atoms with Gasteiger partial charge in [0.05, 0.1) is 6.33 Å². The van der Waals surface area contributed by atoms with Crippen LogP contribution >= 0.6 is 0 Å². The maximum atomic E-state index is 13.5. The van der Waals surface area contributed by atoms with Crippen LogP contribution in [0.1, 0.15) is 21.5 Å². The zero-order chi connectivity index (χ0) is 16.9. The molecule has 0 spiro atoms. The normalized spacial score (nSPS) is 10.6. The SMILES string of the molecule is O=C(NCc1ccc(F)cc1F)c1ccc(Cn2ccnc2)cc1. The van der Waals surface area contributed by atoms with Gasteiger partial charge in [-0.05, 0) is 23.8 Å². The third kappa shape index (κ3) is 3.84. The molecule has 0 saturated carbocycles. The van der Waals surface area contributed by atoms with Crippen molar-refractivity contribution in [1.29, 1.82) is 0 Å². The van der Waals surface area contributed by atoms with E-state index in [1.807, 2.05) is 22.9 Å². The molecule has 0 radical (unpaired) electrons. The lowest BCUT2D eigenvalue weighted by Gasteiger charge is -2.08. The fraction of sp³-hybridized carbons (Fsp3) is 0.111. The Morgan fingerprint density at radius 3 is 2.58 bits per heavy atom. The molecule has 3 aromatic rings. The minimum Gasteiger partial charge on any atom is -0.348 e. The Kier molecular flexibility index (Phi) is 4.65. The molecule has 1 amide bonds. The van der Waals surface area contributed by atoms with Crippen LogP contribution in [0.15, 0.2) is 61.2 Å². The average molecular weight is 327 g/mol. The van der Waals surface area contributed by atoms with Crippen LogP contribution in [0, 0.1) is 11.6 Å². The zero-order valence-corrected chi connectivity index (χ0v) is 12.7. The van der Waals surface area contributed by atoms with Gasteiger partial charge in [-0.3, -0.25) is 4.79 Å². The summed E-state index contributed by atoms with van der Waals surface area (Å²) < 4.78 is 28.3. The fourth-order valence-electron chi connectivity index (χ4n) is 2.30. The Balaban J connectivity index is 1.60. The summed E-state index contributed by atoms with van der Waals surface area (Å²) in [5, 5.41) is 2.62. The summed E-state index contributed by atoms with van der Waals surface area (Å²) in [7, 11) is 0. The van der Waals surface area contributed by atoms with E-state index >= 15 is 0 Å². The molecule has 0 fully saturated rings. The Morgan fingerprint density at radius 1 is 1.12 bits per heavy atom. The van der Waals surface area contributed by atoms with Gasteiger partial charge in [-0.1, -0.05) is 18.2 Å². The first-order valence-electron chi connectivity index (χ1n) is 7.38. The molecule has 0 aliphatic rings. The standard InChI is InChI=1S/C18H15F2N3O/c19-16-6-5-15(17(20)9-16)10-22-18(24)14-3-1-13(2-4-14)11-23-8-7-21-12-23/h1-9,12H,10-11H2,(H,22,24). The summed E-state index contributed by atoms with van der Waals surface area (Å²) in [5.41, 5.74) is 1.75. The molecule has 6 heteroatoms. The molecule has 0 aliphatic heterocycles. The average Bonchev–Trinajstić information content (AvgIpc) is 3.07. The number of amides is 1. The molecule has 1 heterocycles. The smallest absolute Gasteiger partial charge is 0.251 e. The highest BCUT2D eigenvalue weighted by atomic mass is 19.1. The molecule has 122 valence electrons. The van der Waals surface area contributed by atoms with Gasteiger partial charge in [0.1, 0.15) is 11.6 Å². The van der Waals surface area contributed by atoms with Crippen molar-refractivity contribution in [2.24, 2.45) is 0 Å². The fourth-order valence-corrected chi connectivity index (χ4v) is 2.30. The number of benzene rings is 2. The maximum absolute atomic E-state index is 13.5. The van der Waals surface area contributed by atoms with Gasteiger partial charge < -0.3 is 9.88 Å². The van der Waals surface area contributed by atoms with Crippen molar-refractivity contribution in [3.05, 3.63) is 89.5 Å². The van der Waals surface area contributed by atoms with E-state index in [0.29, 0.717) is 12.1 Å². The van der Waals surface area contributed by atoms with Crippen molar-refractivity contribution in [1.82, 2.24) is 14.9 Å². The number of rotatable bonds is 5. The highest BCUT2D eigenvalue weighted by molar-refractivity contribution is 5.94. The highest BCUT2D eigenvalue weighted by Crippen LogP contribution is 2.10. The van der Waals surface area contributed by atoms with Gasteiger partial charge in [0.25, 0.3) is 5.91 Å². The van der Waals surface area contributed by atoms with Crippen molar-refractivity contribution >= 4 is 5.91 Å². The second-order valence-corrected chi connectivity index (χ2v) is 5.35. The van der Waals surface area contributed by atoms with Crippen LogP contribution in [0.3, 0.4) is 0 Å². The first kappa shape index (κ1) is 15.9. The number of halogens is 2. The monoisotopic (exact) mass is 327 g/mol. The summed E-state index contributed by atoms with van der Waals surface area (Å²) >= 11 is 0. The van der Waals surface area contributed by atoms with Gasteiger partial charge >= 0.3 is 0 Å². The largest absolute Gasteiger partial charge is 0.348 e. The van der Waals surface area contributed by atoms with Gasteiger partial charge in [-0.15, -0.1) is 0 Å². The number of nitrogens with zero attached hydrogens (tertiary/aromatic N) is 2. The third-order valence-electron chi connectivity index (χ3n) is 3.59. The summed E-state index contributed by atoms with van der Waals surface area (Å²) in [5.74, 6) is -1.63. The number of nitrogens with one attached hydrogen (secondary N) is 1. The van der Waals surface area contributed by atoms with Crippen LogP contribution in [-0.4, -0.2) is 15.5 Å². The van der Waals surface area contributed by atoms with Crippen molar-refractivity contribution < 1.29 is 13.6 Å². The molecule has 1 aromatic heterocycles. The first-order chi connectivity index (χ1) is 11.6. The lowest BCUT2D eigenvalue weighted by molar-refractivity contribution is 0.0950. The van der Waals surface area contributed by atoms with Crippen LogP contribution in [0.25, 0.3) is 0 Å². The van der Waals surface area contributed by atoms with E-state index < -0.39 is 11.6 Å². The van der Waals surface area contributed by atoms with Crippen molar-refractivity contribution in [2.75, 3.05) is 0 Å². The summed E-state index contributed by atoms with van der Waals surface area (Å²) in [4.78, 5) is 16.1. The van der Waals surface area contributed by atoms with Crippen molar-refractivity contribution in [2.45, 2.75) is 13.1 Å². The predicted octanol–water partition coefficient (Wildman–Crippen LogP) is 3.14. The van der Waals surface area contributed by atoms with Crippen LogP contribution in [0.2, 0.25) is 0 Å². The summed E-state index contributed by atoms with van der Waals surface area (Å²) in [6, 6.07) is 10.4. The molecular formula is C18H15F2N3O. The predicted molar refractivity (Wildman–Crippen MR) is 85.3 cm³/mol. The number of aromatic nitrogens is 2. The van der Waals surface area contributed by atoms with E-state index in [-0.39, 0.29) is 18.0 Å². The molecule has 2 aromatic carbocycles. The number of hydrogen-bond acceptors (Lipinski definition) is 2.